The van der Waals surface area contributed by atoms with Crippen LogP contribution in [0.5, 0.6) is 0 Å². The zero-order chi connectivity index (χ0) is 20.9. The summed E-state index contributed by atoms with van der Waals surface area (Å²) in [6, 6.07) is 18.1. The molecule has 2 heterocycles. The minimum Gasteiger partial charge on any atom is -0.364 e. The first-order chi connectivity index (χ1) is 14.6. The molecule has 30 heavy (non-hydrogen) atoms. The van der Waals surface area contributed by atoms with E-state index in [-0.39, 0.29) is 5.91 Å². The number of rotatable bonds is 7. The van der Waals surface area contributed by atoms with Crippen molar-refractivity contribution in [2.75, 3.05) is 11.9 Å². The summed E-state index contributed by atoms with van der Waals surface area (Å²) in [4.78, 5) is 12.2. The van der Waals surface area contributed by atoms with Gasteiger partial charge in [0.25, 0.3) is 5.91 Å². The van der Waals surface area contributed by atoms with Crippen molar-refractivity contribution in [1.82, 2.24) is 25.1 Å². The van der Waals surface area contributed by atoms with E-state index in [1.807, 2.05) is 36.4 Å². The van der Waals surface area contributed by atoms with Crippen LogP contribution in [-0.4, -0.2) is 32.3 Å². The molecule has 0 bridgehead atoms. The highest BCUT2D eigenvalue weighted by Crippen LogP contribution is 2.16. The van der Waals surface area contributed by atoms with Crippen LogP contribution in [0.2, 0.25) is 10.0 Å². The predicted octanol–water partition coefficient (Wildman–Crippen LogP) is 4.02. The number of nitrogens with one attached hydrogen (secondary N) is 2. The van der Waals surface area contributed by atoms with Crippen molar-refractivity contribution >= 4 is 40.6 Å². The summed E-state index contributed by atoms with van der Waals surface area (Å²) < 4.78 is 1.67. The van der Waals surface area contributed by atoms with Crippen molar-refractivity contribution in [2.24, 2.45) is 0 Å². The van der Waals surface area contributed by atoms with Crippen LogP contribution >= 0.6 is 23.2 Å². The molecule has 0 spiro atoms. The Kier molecular flexibility index (Phi) is 6.11. The Labute approximate surface area is 183 Å². The van der Waals surface area contributed by atoms with Crippen molar-refractivity contribution in [3.05, 3.63) is 87.7 Å². The third-order valence-corrected chi connectivity index (χ3v) is 5.07. The molecule has 2 aromatic carbocycles. The Balaban J connectivity index is 1.40. The predicted molar refractivity (Wildman–Crippen MR) is 117 cm³/mol. The number of benzene rings is 2. The summed E-state index contributed by atoms with van der Waals surface area (Å²) in [6.45, 7) is 0.941. The van der Waals surface area contributed by atoms with Crippen LogP contribution in [0.3, 0.4) is 0 Å². The molecular formula is C21H18Cl2N6O. The molecule has 2 N–H and O–H groups in total. The number of halogens is 2. The van der Waals surface area contributed by atoms with E-state index < -0.39 is 0 Å². The zero-order valence-corrected chi connectivity index (χ0v) is 17.4. The van der Waals surface area contributed by atoms with Gasteiger partial charge in [0.1, 0.15) is 5.82 Å². The minimum absolute atomic E-state index is 0.193. The van der Waals surface area contributed by atoms with Gasteiger partial charge in [-0.2, -0.15) is 4.52 Å². The van der Waals surface area contributed by atoms with Crippen molar-refractivity contribution < 1.29 is 4.79 Å². The molecule has 4 rings (SSSR count). The first-order valence-corrected chi connectivity index (χ1v) is 10.1. The molecule has 0 saturated carbocycles. The standard InChI is InChI=1S/C21H18Cl2N6O/c22-16-6-3-5-14(12-16)21(30)24-11-10-20-27-26-19-9-8-18(28-29(19)20)25-13-15-4-1-2-7-17(15)23/h1-9,12H,10-11,13H2,(H,24,30)(H,25,28). The Morgan fingerprint density at radius 3 is 2.70 bits per heavy atom. The van der Waals surface area contributed by atoms with Gasteiger partial charge in [0.2, 0.25) is 0 Å². The SMILES string of the molecule is O=C(NCCc1nnc2ccc(NCc3ccccc3Cl)nn12)c1cccc(Cl)c1. The fourth-order valence-corrected chi connectivity index (χ4v) is 3.32. The molecule has 0 aliphatic rings. The van der Waals surface area contributed by atoms with Gasteiger partial charge in [0, 0.05) is 35.1 Å². The first kappa shape index (κ1) is 20.1. The van der Waals surface area contributed by atoms with Crippen LogP contribution in [-0.2, 0) is 13.0 Å². The quantitative estimate of drug-likeness (QED) is 0.453. The number of nitrogens with zero attached hydrogens (tertiary/aromatic N) is 4. The maximum atomic E-state index is 12.2. The lowest BCUT2D eigenvalue weighted by atomic mass is 10.2. The van der Waals surface area contributed by atoms with Gasteiger partial charge < -0.3 is 10.6 Å². The number of carbonyl (C=O) groups is 1. The van der Waals surface area contributed by atoms with E-state index in [2.05, 4.69) is 25.9 Å². The average molecular weight is 441 g/mol. The lowest BCUT2D eigenvalue weighted by molar-refractivity contribution is 0.0954. The van der Waals surface area contributed by atoms with Gasteiger partial charge >= 0.3 is 0 Å². The van der Waals surface area contributed by atoms with Crippen LogP contribution in [0.15, 0.2) is 60.7 Å². The molecule has 2 aromatic heterocycles. The Morgan fingerprint density at radius 2 is 1.87 bits per heavy atom. The molecule has 7 nitrogen and oxygen atoms in total. The Morgan fingerprint density at radius 1 is 1.00 bits per heavy atom. The number of anilines is 1. The van der Waals surface area contributed by atoms with Gasteiger partial charge in [-0.15, -0.1) is 15.3 Å². The van der Waals surface area contributed by atoms with Gasteiger partial charge in [-0.1, -0.05) is 47.5 Å². The molecule has 0 saturated heterocycles. The molecule has 0 aliphatic heterocycles. The average Bonchev–Trinajstić information content (AvgIpc) is 3.15. The second kappa shape index (κ2) is 9.11. The fourth-order valence-electron chi connectivity index (χ4n) is 2.93. The first-order valence-electron chi connectivity index (χ1n) is 9.32. The van der Waals surface area contributed by atoms with Crippen molar-refractivity contribution in [1.29, 1.82) is 0 Å². The molecule has 9 heteroatoms. The maximum Gasteiger partial charge on any atom is 0.251 e. The van der Waals surface area contributed by atoms with Crippen LogP contribution in [0, 0.1) is 0 Å². The number of fused-ring (bicyclic) bond motifs is 1. The van der Waals surface area contributed by atoms with E-state index in [1.54, 1.807) is 28.8 Å². The van der Waals surface area contributed by atoms with E-state index in [0.29, 0.717) is 52.4 Å². The van der Waals surface area contributed by atoms with Gasteiger partial charge in [-0.05, 0) is 42.0 Å². The molecule has 0 unspecified atom stereocenters. The fraction of sp³-hybridized carbons (Fsp3) is 0.143. The van der Waals surface area contributed by atoms with Crippen LogP contribution in [0.25, 0.3) is 5.65 Å². The van der Waals surface area contributed by atoms with E-state index in [0.717, 1.165) is 5.56 Å². The summed E-state index contributed by atoms with van der Waals surface area (Å²) >= 11 is 12.1. The lowest BCUT2D eigenvalue weighted by Crippen LogP contribution is -2.26. The normalized spacial score (nSPS) is 10.9. The summed E-state index contributed by atoms with van der Waals surface area (Å²) in [5.41, 5.74) is 2.13. The van der Waals surface area contributed by atoms with E-state index in [1.165, 1.54) is 0 Å². The van der Waals surface area contributed by atoms with Gasteiger partial charge in [0.05, 0.1) is 0 Å². The van der Waals surface area contributed by atoms with Crippen LogP contribution < -0.4 is 10.6 Å². The van der Waals surface area contributed by atoms with Crippen LogP contribution in [0.4, 0.5) is 5.82 Å². The van der Waals surface area contributed by atoms with Crippen LogP contribution in [0.1, 0.15) is 21.7 Å². The van der Waals surface area contributed by atoms with E-state index >= 15 is 0 Å². The maximum absolute atomic E-state index is 12.2. The number of hydrogen-bond donors (Lipinski definition) is 2. The zero-order valence-electron chi connectivity index (χ0n) is 15.8. The number of amides is 1. The summed E-state index contributed by atoms with van der Waals surface area (Å²) in [7, 11) is 0. The molecule has 152 valence electrons. The van der Waals surface area contributed by atoms with Gasteiger partial charge in [0.15, 0.2) is 11.5 Å². The molecular weight excluding hydrogens is 423 g/mol. The highest BCUT2D eigenvalue weighted by atomic mass is 35.5. The molecule has 1 amide bonds. The molecule has 0 aliphatic carbocycles. The highest BCUT2D eigenvalue weighted by Gasteiger charge is 2.10. The number of aromatic nitrogens is 4. The molecule has 0 atom stereocenters. The number of hydrogen-bond acceptors (Lipinski definition) is 5. The van der Waals surface area contributed by atoms with Crippen molar-refractivity contribution in [3.63, 3.8) is 0 Å². The smallest absolute Gasteiger partial charge is 0.251 e. The highest BCUT2D eigenvalue weighted by molar-refractivity contribution is 6.31. The minimum atomic E-state index is -0.193. The molecule has 4 aromatic rings. The van der Waals surface area contributed by atoms with Crippen molar-refractivity contribution in [2.45, 2.75) is 13.0 Å². The second-order valence-electron chi connectivity index (χ2n) is 6.57. The largest absolute Gasteiger partial charge is 0.364 e. The molecule has 0 radical (unpaired) electrons. The van der Waals surface area contributed by atoms with Gasteiger partial charge in [-0.25, -0.2) is 0 Å². The third kappa shape index (κ3) is 4.69. The van der Waals surface area contributed by atoms with E-state index in [9.17, 15) is 4.79 Å². The number of carbonyl (C=O) groups excluding carboxylic acids is 1. The monoisotopic (exact) mass is 440 g/mol. The van der Waals surface area contributed by atoms with Gasteiger partial charge in [-0.3, -0.25) is 4.79 Å². The third-order valence-electron chi connectivity index (χ3n) is 4.47. The Bertz CT molecular complexity index is 1190. The lowest BCUT2D eigenvalue weighted by Gasteiger charge is -2.08. The topological polar surface area (TPSA) is 84.2 Å². The van der Waals surface area contributed by atoms with Crippen molar-refractivity contribution in [3.8, 4) is 0 Å². The van der Waals surface area contributed by atoms with E-state index in [4.69, 9.17) is 23.2 Å². The molecule has 0 fully saturated rings. The summed E-state index contributed by atoms with van der Waals surface area (Å²) in [5.74, 6) is 1.13. The summed E-state index contributed by atoms with van der Waals surface area (Å²) in [6.07, 6.45) is 0.481. The Hall–Kier alpha value is -3.16. The second-order valence-corrected chi connectivity index (χ2v) is 7.41. The summed E-state index contributed by atoms with van der Waals surface area (Å²) in [5, 5.41) is 20.2.